The van der Waals surface area contributed by atoms with E-state index in [1.807, 2.05) is 29.2 Å². The summed E-state index contributed by atoms with van der Waals surface area (Å²) in [5.41, 5.74) is 1.86. The van der Waals surface area contributed by atoms with Gasteiger partial charge in [-0.1, -0.05) is 18.6 Å². The number of benzene rings is 1. The first-order valence-electron chi connectivity index (χ1n) is 6.72. The van der Waals surface area contributed by atoms with Crippen molar-refractivity contribution in [2.24, 2.45) is 11.8 Å². The molecule has 2 unspecified atom stereocenters. The number of halogens is 1. The second-order valence-corrected chi connectivity index (χ2v) is 5.76. The molecule has 1 aromatic rings. The van der Waals surface area contributed by atoms with Gasteiger partial charge in [-0.05, 0) is 42.4 Å². The van der Waals surface area contributed by atoms with E-state index in [-0.39, 0.29) is 5.91 Å². The third kappa shape index (κ3) is 2.14. The van der Waals surface area contributed by atoms with Crippen molar-refractivity contribution in [1.82, 2.24) is 4.90 Å². The highest BCUT2D eigenvalue weighted by atomic mass is 35.5. The van der Waals surface area contributed by atoms with Crippen LogP contribution in [0.2, 0.25) is 0 Å². The van der Waals surface area contributed by atoms with E-state index in [1.165, 1.54) is 19.3 Å². The van der Waals surface area contributed by atoms with Gasteiger partial charge in [0.05, 0.1) is 0 Å². The van der Waals surface area contributed by atoms with E-state index >= 15 is 0 Å². The van der Waals surface area contributed by atoms with Gasteiger partial charge >= 0.3 is 0 Å². The first-order valence-corrected chi connectivity index (χ1v) is 7.25. The predicted octanol–water partition coefficient (Wildman–Crippen LogP) is 3.30. The Morgan fingerprint density at radius 1 is 1.17 bits per heavy atom. The van der Waals surface area contributed by atoms with Crippen LogP contribution in [0, 0.1) is 11.8 Å². The highest BCUT2D eigenvalue weighted by Crippen LogP contribution is 2.38. The van der Waals surface area contributed by atoms with E-state index in [1.54, 1.807) is 0 Å². The summed E-state index contributed by atoms with van der Waals surface area (Å²) in [7, 11) is 0. The van der Waals surface area contributed by atoms with Crippen LogP contribution in [0.4, 0.5) is 0 Å². The van der Waals surface area contributed by atoms with Crippen LogP contribution < -0.4 is 0 Å². The van der Waals surface area contributed by atoms with Crippen molar-refractivity contribution in [3.8, 4) is 0 Å². The summed E-state index contributed by atoms with van der Waals surface area (Å²) in [6.45, 7) is 1.92. The minimum absolute atomic E-state index is 0.186. The van der Waals surface area contributed by atoms with Gasteiger partial charge in [-0.2, -0.15) is 0 Å². The SMILES string of the molecule is O=C(c1ccc(CCl)cc1)N1CC2CCCC2C1. The molecule has 0 spiro atoms. The van der Waals surface area contributed by atoms with Crippen LogP contribution in [0.15, 0.2) is 24.3 Å². The number of alkyl halides is 1. The fraction of sp³-hybridized carbons (Fsp3) is 0.533. The molecule has 2 atom stereocenters. The van der Waals surface area contributed by atoms with Gasteiger partial charge in [-0.25, -0.2) is 0 Å². The average Bonchev–Trinajstić information content (AvgIpc) is 2.99. The van der Waals surface area contributed by atoms with Crippen molar-refractivity contribution in [2.75, 3.05) is 13.1 Å². The summed E-state index contributed by atoms with van der Waals surface area (Å²) in [6, 6.07) is 7.68. The lowest BCUT2D eigenvalue weighted by Crippen LogP contribution is -2.29. The molecule has 2 nitrogen and oxygen atoms in total. The lowest BCUT2D eigenvalue weighted by Gasteiger charge is -2.17. The molecule has 0 aromatic heterocycles. The monoisotopic (exact) mass is 263 g/mol. The molecule has 3 rings (SSSR count). The Labute approximate surface area is 113 Å². The van der Waals surface area contributed by atoms with E-state index < -0.39 is 0 Å². The third-order valence-electron chi connectivity index (χ3n) is 4.37. The summed E-state index contributed by atoms with van der Waals surface area (Å²) in [4.78, 5) is 14.4. The summed E-state index contributed by atoms with van der Waals surface area (Å²) < 4.78 is 0. The molecule has 1 saturated carbocycles. The van der Waals surface area contributed by atoms with Gasteiger partial charge in [0, 0.05) is 24.5 Å². The number of amides is 1. The number of likely N-dealkylation sites (tertiary alicyclic amines) is 1. The summed E-state index contributed by atoms with van der Waals surface area (Å²) in [5, 5.41) is 0. The van der Waals surface area contributed by atoms with Gasteiger partial charge in [-0.3, -0.25) is 4.79 Å². The zero-order valence-corrected chi connectivity index (χ0v) is 11.2. The molecule has 0 radical (unpaired) electrons. The van der Waals surface area contributed by atoms with E-state index in [9.17, 15) is 4.79 Å². The molecule has 1 aromatic carbocycles. The van der Waals surface area contributed by atoms with Gasteiger partial charge in [0.2, 0.25) is 0 Å². The Morgan fingerprint density at radius 3 is 2.33 bits per heavy atom. The number of carbonyl (C=O) groups is 1. The first-order chi connectivity index (χ1) is 8.78. The number of hydrogen-bond donors (Lipinski definition) is 0. The fourth-order valence-corrected chi connectivity index (χ4v) is 3.50. The van der Waals surface area contributed by atoms with Gasteiger partial charge < -0.3 is 4.90 Å². The second kappa shape index (κ2) is 4.93. The molecular weight excluding hydrogens is 246 g/mol. The molecule has 2 fully saturated rings. The molecule has 1 heterocycles. The van der Waals surface area contributed by atoms with Crippen LogP contribution in [0.25, 0.3) is 0 Å². The van der Waals surface area contributed by atoms with E-state index in [4.69, 9.17) is 11.6 Å². The van der Waals surface area contributed by atoms with Gasteiger partial charge in [0.1, 0.15) is 0 Å². The molecule has 18 heavy (non-hydrogen) atoms. The second-order valence-electron chi connectivity index (χ2n) is 5.49. The maximum atomic E-state index is 12.4. The molecule has 96 valence electrons. The molecule has 3 heteroatoms. The topological polar surface area (TPSA) is 20.3 Å². The van der Waals surface area contributed by atoms with E-state index in [0.29, 0.717) is 5.88 Å². The average molecular weight is 264 g/mol. The molecule has 0 bridgehead atoms. The highest BCUT2D eigenvalue weighted by Gasteiger charge is 2.38. The third-order valence-corrected chi connectivity index (χ3v) is 4.68. The van der Waals surface area contributed by atoms with Crippen molar-refractivity contribution >= 4 is 17.5 Å². The predicted molar refractivity (Wildman–Crippen MR) is 72.7 cm³/mol. The molecule has 1 amide bonds. The largest absolute Gasteiger partial charge is 0.338 e. The molecule has 1 aliphatic heterocycles. The minimum Gasteiger partial charge on any atom is -0.338 e. The van der Waals surface area contributed by atoms with Crippen LogP contribution in [-0.4, -0.2) is 23.9 Å². The Hall–Kier alpha value is -1.02. The maximum absolute atomic E-state index is 12.4. The molecule has 1 aliphatic carbocycles. The lowest BCUT2D eigenvalue weighted by molar-refractivity contribution is 0.0780. The smallest absolute Gasteiger partial charge is 0.253 e. The van der Waals surface area contributed by atoms with Crippen LogP contribution in [0.5, 0.6) is 0 Å². The number of fused-ring (bicyclic) bond motifs is 1. The standard InChI is InChI=1S/C15H18ClNO/c16-8-11-4-6-12(7-5-11)15(18)17-9-13-2-1-3-14(13)10-17/h4-7,13-14H,1-3,8-10H2. The van der Waals surface area contributed by atoms with Crippen LogP contribution in [0.1, 0.15) is 35.2 Å². The van der Waals surface area contributed by atoms with Gasteiger partial charge in [0.25, 0.3) is 5.91 Å². The zero-order chi connectivity index (χ0) is 12.5. The first kappa shape index (κ1) is 12.0. The number of carbonyl (C=O) groups excluding carboxylic acids is 1. The van der Waals surface area contributed by atoms with E-state index in [0.717, 1.165) is 36.1 Å². The molecule has 2 aliphatic rings. The zero-order valence-electron chi connectivity index (χ0n) is 10.4. The van der Waals surface area contributed by atoms with Crippen molar-refractivity contribution in [1.29, 1.82) is 0 Å². The molecule has 0 N–H and O–H groups in total. The van der Waals surface area contributed by atoms with Crippen molar-refractivity contribution in [3.05, 3.63) is 35.4 Å². The number of rotatable bonds is 2. The Kier molecular flexibility index (Phi) is 3.29. The maximum Gasteiger partial charge on any atom is 0.253 e. The van der Waals surface area contributed by atoms with E-state index in [2.05, 4.69) is 0 Å². The van der Waals surface area contributed by atoms with Gasteiger partial charge in [0.15, 0.2) is 0 Å². The van der Waals surface area contributed by atoms with Crippen LogP contribution in [-0.2, 0) is 5.88 Å². The fourth-order valence-electron chi connectivity index (χ4n) is 3.32. The van der Waals surface area contributed by atoms with Crippen molar-refractivity contribution in [2.45, 2.75) is 25.1 Å². The Balaban J connectivity index is 1.70. The normalized spacial score (nSPS) is 26.4. The Bertz CT molecular complexity index is 430. The quantitative estimate of drug-likeness (QED) is 0.750. The number of hydrogen-bond acceptors (Lipinski definition) is 1. The van der Waals surface area contributed by atoms with Crippen molar-refractivity contribution in [3.63, 3.8) is 0 Å². The molecular formula is C15H18ClNO. The minimum atomic E-state index is 0.186. The summed E-state index contributed by atoms with van der Waals surface area (Å²) in [6.07, 6.45) is 3.96. The summed E-state index contributed by atoms with van der Waals surface area (Å²) >= 11 is 5.76. The molecule has 1 saturated heterocycles. The highest BCUT2D eigenvalue weighted by molar-refractivity contribution is 6.17. The van der Waals surface area contributed by atoms with Crippen LogP contribution in [0.3, 0.4) is 0 Å². The Morgan fingerprint density at radius 2 is 1.78 bits per heavy atom. The van der Waals surface area contributed by atoms with Gasteiger partial charge in [-0.15, -0.1) is 11.6 Å². The van der Waals surface area contributed by atoms with Crippen LogP contribution >= 0.6 is 11.6 Å². The summed E-state index contributed by atoms with van der Waals surface area (Å²) in [5.74, 6) is 2.21. The van der Waals surface area contributed by atoms with Crippen molar-refractivity contribution < 1.29 is 4.79 Å². The number of nitrogens with zero attached hydrogens (tertiary/aromatic N) is 1. The lowest BCUT2D eigenvalue weighted by atomic mass is 10.0.